The number of halogens is 4. The van der Waals surface area contributed by atoms with E-state index in [2.05, 4.69) is 0 Å². The van der Waals surface area contributed by atoms with Crippen molar-refractivity contribution in [2.75, 3.05) is 5.32 Å². The Balaban J connectivity index is 2.86. The maximum atomic E-state index is 12.5. The predicted molar refractivity (Wildman–Crippen MR) is 37.7 cm³/mol. The largest absolute Gasteiger partial charge is 0.505 e. The predicted octanol–water partition coefficient (Wildman–Crippen LogP) is 2.46. The highest BCUT2D eigenvalue weighted by Gasteiger charge is 2.27. The molecular weight excluding hydrogens is 190 g/mol. The molecule has 13 heavy (non-hydrogen) atoms. The number of phenols is 1. The van der Waals surface area contributed by atoms with Gasteiger partial charge in [-0.3, -0.25) is 5.32 Å². The first-order chi connectivity index (χ1) is 5.88. The summed E-state index contributed by atoms with van der Waals surface area (Å²) in [5.74, 6) is -1.79. The van der Waals surface area contributed by atoms with E-state index >= 15 is 0 Å². The lowest BCUT2D eigenvalue weighted by Gasteiger charge is -2.09. The van der Waals surface area contributed by atoms with Crippen LogP contribution in [-0.2, 0) is 0 Å². The van der Waals surface area contributed by atoms with Crippen LogP contribution < -0.4 is 5.32 Å². The summed E-state index contributed by atoms with van der Waals surface area (Å²) in [6, 6.07) is 2.32. The molecule has 0 fully saturated rings. The van der Waals surface area contributed by atoms with Gasteiger partial charge in [0, 0.05) is 11.8 Å². The lowest BCUT2D eigenvalue weighted by molar-refractivity contribution is -0.0999. The van der Waals surface area contributed by atoms with Crippen LogP contribution in [0.3, 0.4) is 0 Å². The molecule has 0 spiro atoms. The SMILES string of the molecule is Oc1ccc(NC(F)(F)F)cc1F. The molecule has 2 nitrogen and oxygen atoms in total. The van der Waals surface area contributed by atoms with Crippen molar-refractivity contribution < 1.29 is 22.7 Å². The lowest BCUT2D eigenvalue weighted by atomic mass is 10.3. The Kier molecular flexibility index (Phi) is 2.31. The van der Waals surface area contributed by atoms with Crippen molar-refractivity contribution in [2.45, 2.75) is 6.30 Å². The first-order valence-electron chi connectivity index (χ1n) is 3.22. The molecule has 0 heterocycles. The second kappa shape index (κ2) is 3.12. The molecule has 0 saturated heterocycles. The molecular formula is C7H5F4NO. The zero-order valence-corrected chi connectivity index (χ0v) is 6.19. The molecule has 72 valence electrons. The van der Waals surface area contributed by atoms with Crippen molar-refractivity contribution >= 4 is 5.69 Å². The van der Waals surface area contributed by atoms with E-state index in [-0.39, 0.29) is 0 Å². The van der Waals surface area contributed by atoms with Gasteiger partial charge in [0.1, 0.15) is 0 Å². The summed E-state index contributed by atoms with van der Waals surface area (Å²) in [4.78, 5) is 0. The second-order valence-corrected chi connectivity index (χ2v) is 2.29. The maximum absolute atomic E-state index is 12.5. The lowest BCUT2D eigenvalue weighted by Crippen LogP contribution is -2.20. The van der Waals surface area contributed by atoms with E-state index in [1.54, 1.807) is 0 Å². The fourth-order valence-corrected chi connectivity index (χ4v) is 0.748. The molecule has 0 unspecified atom stereocenters. The fourth-order valence-electron chi connectivity index (χ4n) is 0.748. The minimum Gasteiger partial charge on any atom is -0.505 e. The third-order valence-electron chi connectivity index (χ3n) is 1.23. The first-order valence-corrected chi connectivity index (χ1v) is 3.22. The molecule has 0 atom stereocenters. The van der Waals surface area contributed by atoms with E-state index in [0.29, 0.717) is 6.07 Å². The van der Waals surface area contributed by atoms with Crippen molar-refractivity contribution in [3.05, 3.63) is 24.0 Å². The molecule has 2 N–H and O–H groups in total. The summed E-state index contributed by atoms with van der Waals surface area (Å²) in [6.07, 6.45) is -4.61. The van der Waals surface area contributed by atoms with Crippen molar-refractivity contribution in [3.63, 3.8) is 0 Å². The second-order valence-electron chi connectivity index (χ2n) is 2.29. The molecule has 0 saturated carbocycles. The molecule has 0 bridgehead atoms. The summed E-state index contributed by atoms with van der Waals surface area (Å²) >= 11 is 0. The Bertz CT molecular complexity index is 310. The third kappa shape index (κ3) is 2.81. The average molecular weight is 195 g/mol. The van der Waals surface area contributed by atoms with E-state index in [1.165, 1.54) is 0 Å². The number of phenolic OH excluding ortho intramolecular Hbond substituents is 1. The van der Waals surface area contributed by atoms with Gasteiger partial charge < -0.3 is 5.11 Å². The highest BCUT2D eigenvalue weighted by atomic mass is 19.4. The molecule has 0 aliphatic heterocycles. The van der Waals surface area contributed by atoms with E-state index in [0.717, 1.165) is 17.4 Å². The van der Waals surface area contributed by atoms with Gasteiger partial charge in [-0.2, -0.15) is 13.2 Å². The van der Waals surface area contributed by atoms with Crippen molar-refractivity contribution in [3.8, 4) is 5.75 Å². The van der Waals surface area contributed by atoms with Crippen LogP contribution in [0.2, 0.25) is 0 Å². The Hall–Kier alpha value is -1.46. The van der Waals surface area contributed by atoms with Crippen molar-refractivity contribution in [2.24, 2.45) is 0 Å². The van der Waals surface area contributed by atoms with Gasteiger partial charge in [0.05, 0.1) is 0 Å². The Morgan fingerprint density at radius 3 is 2.31 bits per heavy atom. The molecule has 0 aliphatic carbocycles. The molecule has 0 radical (unpaired) electrons. The standard InChI is InChI=1S/C7H5F4NO/c8-5-3-4(1-2-6(5)13)12-7(9,10)11/h1-3,12-13H. The summed E-state index contributed by atoms with van der Waals surface area (Å²) in [5.41, 5.74) is -0.456. The number of alkyl halides is 3. The number of benzene rings is 1. The minimum absolute atomic E-state index is 0.456. The van der Waals surface area contributed by atoms with Crippen LogP contribution in [0.1, 0.15) is 0 Å². The molecule has 0 amide bonds. The van der Waals surface area contributed by atoms with Gasteiger partial charge in [-0.05, 0) is 12.1 Å². The average Bonchev–Trinajstić information content (AvgIpc) is 1.94. The Morgan fingerprint density at radius 2 is 1.85 bits per heavy atom. The number of hydrogen-bond acceptors (Lipinski definition) is 2. The number of aromatic hydroxyl groups is 1. The van der Waals surface area contributed by atoms with Crippen LogP contribution in [0.25, 0.3) is 0 Å². The molecule has 1 rings (SSSR count). The molecule has 1 aromatic rings. The zero-order chi connectivity index (χ0) is 10.1. The smallest absolute Gasteiger partial charge is 0.482 e. The minimum atomic E-state index is -4.61. The first kappa shape index (κ1) is 9.63. The Morgan fingerprint density at radius 1 is 1.23 bits per heavy atom. The molecule has 6 heteroatoms. The van der Waals surface area contributed by atoms with Crippen LogP contribution in [0.4, 0.5) is 23.2 Å². The van der Waals surface area contributed by atoms with E-state index in [1.807, 2.05) is 0 Å². The van der Waals surface area contributed by atoms with Crippen LogP contribution in [0.15, 0.2) is 18.2 Å². The van der Waals surface area contributed by atoms with Crippen LogP contribution >= 0.6 is 0 Å². The van der Waals surface area contributed by atoms with Crippen LogP contribution in [-0.4, -0.2) is 11.4 Å². The van der Waals surface area contributed by atoms with E-state index in [4.69, 9.17) is 5.11 Å². The van der Waals surface area contributed by atoms with E-state index < -0.39 is 23.6 Å². The van der Waals surface area contributed by atoms with Gasteiger partial charge in [0.25, 0.3) is 0 Å². The number of hydrogen-bond donors (Lipinski definition) is 2. The topological polar surface area (TPSA) is 32.3 Å². The van der Waals surface area contributed by atoms with Gasteiger partial charge in [0.2, 0.25) is 0 Å². The fraction of sp³-hybridized carbons (Fsp3) is 0.143. The number of nitrogens with one attached hydrogen (secondary N) is 1. The zero-order valence-electron chi connectivity index (χ0n) is 6.19. The normalized spacial score (nSPS) is 11.4. The van der Waals surface area contributed by atoms with Gasteiger partial charge in [-0.25, -0.2) is 4.39 Å². The summed E-state index contributed by atoms with van der Waals surface area (Å²) in [5, 5.41) is 9.76. The van der Waals surface area contributed by atoms with Crippen LogP contribution in [0.5, 0.6) is 5.75 Å². The molecule has 0 aromatic heterocycles. The molecule has 0 aliphatic rings. The van der Waals surface area contributed by atoms with Gasteiger partial charge in [0.15, 0.2) is 11.6 Å². The van der Waals surface area contributed by atoms with Gasteiger partial charge in [-0.1, -0.05) is 0 Å². The highest BCUT2D eigenvalue weighted by Crippen LogP contribution is 2.23. The summed E-state index contributed by atoms with van der Waals surface area (Å²) in [7, 11) is 0. The van der Waals surface area contributed by atoms with Crippen molar-refractivity contribution in [1.82, 2.24) is 0 Å². The highest BCUT2D eigenvalue weighted by molar-refractivity contribution is 5.47. The van der Waals surface area contributed by atoms with Crippen LogP contribution in [0, 0.1) is 5.82 Å². The monoisotopic (exact) mass is 195 g/mol. The third-order valence-corrected chi connectivity index (χ3v) is 1.23. The number of rotatable bonds is 1. The summed E-state index contributed by atoms with van der Waals surface area (Å²) < 4.78 is 47.5. The van der Waals surface area contributed by atoms with Gasteiger partial charge in [-0.15, -0.1) is 0 Å². The van der Waals surface area contributed by atoms with Gasteiger partial charge >= 0.3 is 6.30 Å². The van der Waals surface area contributed by atoms with Crippen molar-refractivity contribution in [1.29, 1.82) is 0 Å². The maximum Gasteiger partial charge on any atom is 0.482 e. The van der Waals surface area contributed by atoms with E-state index in [9.17, 15) is 17.6 Å². The Labute approximate surface area is 70.8 Å². The summed E-state index contributed by atoms with van der Waals surface area (Å²) in [6.45, 7) is 0. The quantitative estimate of drug-likeness (QED) is 0.410. The molecule has 1 aromatic carbocycles. The number of anilines is 1.